The Labute approximate surface area is 135 Å². The molecule has 1 aromatic carbocycles. The molecule has 0 radical (unpaired) electrons. The lowest BCUT2D eigenvalue weighted by Crippen LogP contribution is -2.31. The number of para-hydroxylation sites is 1. The Bertz CT molecular complexity index is 845. The van der Waals surface area contributed by atoms with Crippen LogP contribution in [0.5, 0.6) is 0 Å². The number of hydrogen-bond acceptors (Lipinski definition) is 7. The average Bonchev–Trinajstić information content (AvgIpc) is 3.03. The van der Waals surface area contributed by atoms with Crippen molar-refractivity contribution in [1.82, 2.24) is 20.3 Å². The number of fused-ring (bicyclic) bond motifs is 1. The van der Waals surface area contributed by atoms with Gasteiger partial charge in [0.25, 0.3) is 5.91 Å². The van der Waals surface area contributed by atoms with Crippen LogP contribution in [0.25, 0.3) is 20.9 Å². The second-order valence-corrected chi connectivity index (χ2v) is 5.53. The van der Waals surface area contributed by atoms with Crippen molar-refractivity contribution < 1.29 is 14.3 Å². The molecule has 2 aromatic heterocycles. The predicted molar refractivity (Wildman–Crippen MR) is 85.0 cm³/mol. The van der Waals surface area contributed by atoms with Crippen molar-refractivity contribution in [2.75, 3.05) is 13.7 Å². The molecule has 0 saturated carbocycles. The minimum atomic E-state index is -0.538. The Kier molecular flexibility index (Phi) is 4.24. The van der Waals surface area contributed by atoms with E-state index >= 15 is 0 Å². The first kappa shape index (κ1) is 15.0. The van der Waals surface area contributed by atoms with E-state index < -0.39 is 11.9 Å². The molecular formula is C15H12N4O3S. The van der Waals surface area contributed by atoms with Crippen molar-refractivity contribution in [3.05, 3.63) is 42.4 Å². The van der Waals surface area contributed by atoms with Crippen LogP contribution in [0.1, 0.15) is 10.5 Å². The number of carbonyl (C=O) groups excluding carboxylic acids is 2. The number of thiazole rings is 1. The Balaban J connectivity index is 1.94. The quantitative estimate of drug-likeness (QED) is 0.732. The molecule has 8 heteroatoms. The summed E-state index contributed by atoms with van der Waals surface area (Å²) in [6.07, 6.45) is 2.92. The summed E-state index contributed by atoms with van der Waals surface area (Å²) in [5.74, 6) is -1.04. The van der Waals surface area contributed by atoms with Crippen LogP contribution >= 0.6 is 11.3 Å². The third-order valence-corrected chi connectivity index (χ3v) is 4.07. The molecule has 3 rings (SSSR count). The highest BCUT2D eigenvalue weighted by molar-refractivity contribution is 7.21. The maximum atomic E-state index is 12.2. The van der Waals surface area contributed by atoms with Gasteiger partial charge in [0.05, 0.1) is 17.3 Å². The highest BCUT2D eigenvalue weighted by Gasteiger charge is 2.19. The third kappa shape index (κ3) is 3.16. The van der Waals surface area contributed by atoms with Gasteiger partial charge >= 0.3 is 5.97 Å². The maximum absolute atomic E-state index is 12.2. The lowest BCUT2D eigenvalue weighted by Gasteiger charge is -2.05. The number of hydrogen-bond donors (Lipinski definition) is 1. The van der Waals surface area contributed by atoms with E-state index in [0.29, 0.717) is 10.7 Å². The van der Waals surface area contributed by atoms with Crippen LogP contribution in [0, 0.1) is 0 Å². The lowest BCUT2D eigenvalue weighted by molar-refractivity contribution is -0.139. The van der Waals surface area contributed by atoms with Gasteiger partial charge in [-0.15, -0.1) is 11.3 Å². The summed E-state index contributed by atoms with van der Waals surface area (Å²) in [7, 11) is 1.25. The van der Waals surface area contributed by atoms with Gasteiger partial charge in [-0.2, -0.15) is 0 Å². The molecule has 0 aliphatic carbocycles. The molecular weight excluding hydrogens is 316 g/mol. The highest BCUT2D eigenvalue weighted by atomic mass is 32.1. The summed E-state index contributed by atoms with van der Waals surface area (Å²) in [4.78, 5) is 36.1. The van der Waals surface area contributed by atoms with Crippen molar-refractivity contribution in [2.24, 2.45) is 0 Å². The monoisotopic (exact) mass is 328 g/mol. The van der Waals surface area contributed by atoms with E-state index in [-0.39, 0.29) is 12.2 Å². The van der Waals surface area contributed by atoms with Gasteiger partial charge in [0, 0.05) is 12.4 Å². The minimum Gasteiger partial charge on any atom is -0.468 e. The largest absolute Gasteiger partial charge is 0.468 e. The summed E-state index contributed by atoms with van der Waals surface area (Å²) in [5.41, 5.74) is 1.34. The molecule has 1 N–H and O–H groups in total. The number of benzene rings is 1. The summed E-state index contributed by atoms with van der Waals surface area (Å²) in [6, 6.07) is 7.66. The molecule has 1 amide bonds. The van der Waals surface area contributed by atoms with E-state index in [9.17, 15) is 9.59 Å². The van der Waals surface area contributed by atoms with Crippen molar-refractivity contribution in [1.29, 1.82) is 0 Å². The molecule has 0 saturated heterocycles. The molecule has 7 nitrogen and oxygen atoms in total. The van der Waals surface area contributed by atoms with Gasteiger partial charge in [0.15, 0.2) is 5.69 Å². The Morgan fingerprint density at radius 3 is 2.78 bits per heavy atom. The zero-order valence-electron chi connectivity index (χ0n) is 12.1. The van der Waals surface area contributed by atoms with Gasteiger partial charge in [-0.3, -0.25) is 9.59 Å². The Morgan fingerprint density at radius 2 is 2.00 bits per heavy atom. The summed E-state index contributed by atoms with van der Waals surface area (Å²) in [6.45, 7) is -0.231. The molecule has 0 fully saturated rings. The van der Waals surface area contributed by atoms with E-state index in [1.165, 1.54) is 30.8 Å². The first-order valence-corrected chi connectivity index (χ1v) is 7.52. The normalized spacial score (nSPS) is 10.5. The van der Waals surface area contributed by atoms with Crippen LogP contribution in [0.15, 0.2) is 36.7 Å². The minimum absolute atomic E-state index is 0.121. The number of aromatic nitrogens is 3. The fourth-order valence-electron chi connectivity index (χ4n) is 1.94. The number of nitrogens with zero attached hydrogens (tertiary/aromatic N) is 3. The standard InChI is InChI=1S/C15H12N4O3S/c1-22-11(20)8-18-14(21)12-13(17-7-6-16-12)15-19-9-4-2-3-5-10(9)23-15/h2-7H,8H2,1H3,(H,18,21). The van der Waals surface area contributed by atoms with Crippen molar-refractivity contribution in [3.63, 3.8) is 0 Å². The van der Waals surface area contributed by atoms with Gasteiger partial charge in [0.1, 0.15) is 17.2 Å². The average molecular weight is 328 g/mol. The predicted octanol–water partition coefficient (Wildman–Crippen LogP) is 1.66. The van der Waals surface area contributed by atoms with Crippen LogP contribution in [-0.4, -0.2) is 40.5 Å². The van der Waals surface area contributed by atoms with E-state index in [1.54, 1.807) is 0 Å². The first-order chi connectivity index (χ1) is 11.2. The summed E-state index contributed by atoms with van der Waals surface area (Å²) < 4.78 is 5.49. The van der Waals surface area contributed by atoms with Gasteiger partial charge in [-0.05, 0) is 12.1 Å². The second-order valence-electron chi connectivity index (χ2n) is 4.50. The molecule has 0 bridgehead atoms. The van der Waals surface area contributed by atoms with E-state index in [1.807, 2.05) is 24.3 Å². The second kappa shape index (κ2) is 6.49. The third-order valence-electron chi connectivity index (χ3n) is 3.03. The zero-order chi connectivity index (χ0) is 16.2. The van der Waals surface area contributed by atoms with Crippen molar-refractivity contribution in [3.8, 4) is 10.7 Å². The van der Waals surface area contributed by atoms with Crippen LogP contribution in [0.3, 0.4) is 0 Å². The van der Waals surface area contributed by atoms with Gasteiger partial charge in [-0.1, -0.05) is 12.1 Å². The molecule has 0 spiro atoms. The molecule has 0 atom stereocenters. The number of rotatable bonds is 4. The number of methoxy groups -OCH3 is 1. The number of ether oxygens (including phenoxy) is 1. The van der Waals surface area contributed by atoms with Gasteiger partial charge in [0.2, 0.25) is 0 Å². The van der Waals surface area contributed by atoms with Crippen molar-refractivity contribution in [2.45, 2.75) is 0 Å². The first-order valence-electron chi connectivity index (χ1n) is 6.71. The number of amides is 1. The van der Waals surface area contributed by atoms with Crippen LogP contribution in [-0.2, 0) is 9.53 Å². The Morgan fingerprint density at radius 1 is 1.22 bits per heavy atom. The molecule has 116 valence electrons. The summed E-state index contributed by atoms with van der Waals surface area (Å²) in [5, 5.41) is 3.05. The Hall–Kier alpha value is -2.87. The highest BCUT2D eigenvalue weighted by Crippen LogP contribution is 2.29. The molecule has 0 aliphatic rings. The molecule has 2 heterocycles. The van der Waals surface area contributed by atoms with Crippen molar-refractivity contribution >= 4 is 33.4 Å². The fourth-order valence-corrected chi connectivity index (χ4v) is 2.91. The van der Waals surface area contributed by atoms with Gasteiger partial charge in [-0.25, -0.2) is 15.0 Å². The summed E-state index contributed by atoms with van der Waals surface area (Å²) >= 11 is 1.43. The molecule has 3 aromatic rings. The SMILES string of the molecule is COC(=O)CNC(=O)c1nccnc1-c1nc2ccccc2s1. The molecule has 0 unspecified atom stereocenters. The fraction of sp³-hybridized carbons (Fsp3) is 0.133. The molecule has 0 aliphatic heterocycles. The number of carbonyl (C=O) groups is 2. The zero-order valence-corrected chi connectivity index (χ0v) is 13.0. The smallest absolute Gasteiger partial charge is 0.325 e. The lowest BCUT2D eigenvalue weighted by atomic mass is 10.3. The van der Waals surface area contributed by atoms with Crippen LogP contribution < -0.4 is 5.32 Å². The number of esters is 1. The van der Waals surface area contributed by atoms with E-state index in [0.717, 1.165) is 10.2 Å². The number of nitrogens with one attached hydrogen (secondary N) is 1. The maximum Gasteiger partial charge on any atom is 0.325 e. The van der Waals surface area contributed by atoms with E-state index in [4.69, 9.17) is 0 Å². The topological polar surface area (TPSA) is 94.1 Å². The molecule has 23 heavy (non-hydrogen) atoms. The van der Waals surface area contributed by atoms with Crippen LogP contribution in [0.4, 0.5) is 0 Å². The van der Waals surface area contributed by atoms with Gasteiger partial charge < -0.3 is 10.1 Å². The van der Waals surface area contributed by atoms with Crippen LogP contribution in [0.2, 0.25) is 0 Å². The van der Waals surface area contributed by atoms with E-state index in [2.05, 4.69) is 25.0 Å².